The lowest BCUT2D eigenvalue weighted by Gasteiger charge is -2.09. The van der Waals surface area contributed by atoms with Gasteiger partial charge in [-0.2, -0.15) is 0 Å². The highest BCUT2D eigenvalue weighted by atomic mass is 16.5. The quantitative estimate of drug-likeness (QED) is 0.107. The second kappa shape index (κ2) is 16.8. The Balaban J connectivity index is 0.993. The average Bonchev–Trinajstić information content (AvgIpc) is 3.02. The van der Waals surface area contributed by atoms with Gasteiger partial charge in [-0.25, -0.2) is 0 Å². The smallest absolute Gasteiger partial charge is 0.488 e. The fourth-order valence-corrected chi connectivity index (χ4v) is 4.83. The SMILES string of the molecule is OB(O)c1ccc(-c2ccc(OCCCCCCCCCCOc3ccc(-c4ccc(B(O)O)cc4)cc3)cc2)cc1. The van der Waals surface area contributed by atoms with E-state index in [1.165, 1.54) is 38.5 Å². The Morgan fingerprint density at radius 1 is 0.357 bits per heavy atom. The van der Waals surface area contributed by atoms with Crippen molar-refractivity contribution in [3.8, 4) is 33.8 Å². The highest BCUT2D eigenvalue weighted by molar-refractivity contribution is 6.58. The maximum atomic E-state index is 9.23. The third-order valence-electron chi connectivity index (χ3n) is 7.37. The van der Waals surface area contributed by atoms with Gasteiger partial charge in [-0.15, -0.1) is 0 Å². The fraction of sp³-hybridized carbons (Fsp3) is 0.294. The van der Waals surface area contributed by atoms with Crippen molar-refractivity contribution in [3.63, 3.8) is 0 Å². The van der Waals surface area contributed by atoms with Crippen molar-refractivity contribution in [2.45, 2.75) is 51.4 Å². The maximum absolute atomic E-state index is 9.23. The summed E-state index contributed by atoms with van der Waals surface area (Å²) in [6, 6.07) is 30.4. The minimum Gasteiger partial charge on any atom is -0.494 e. The Morgan fingerprint density at radius 2 is 0.619 bits per heavy atom. The third kappa shape index (κ3) is 10.1. The van der Waals surface area contributed by atoms with Crippen LogP contribution in [-0.4, -0.2) is 47.5 Å². The third-order valence-corrected chi connectivity index (χ3v) is 7.37. The Bertz CT molecular complexity index is 1200. The van der Waals surface area contributed by atoms with E-state index in [1.807, 2.05) is 72.8 Å². The Kier molecular flexibility index (Phi) is 12.5. The molecule has 0 unspecified atom stereocenters. The van der Waals surface area contributed by atoms with Gasteiger partial charge in [-0.3, -0.25) is 0 Å². The number of hydrogen-bond donors (Lipinski definition) is 4. The highest BCUT2D eigenvalue weighted by Crippen LogP contribution is 2.23. The van der Waals surface area contributed by atoms with Crippen molar-refractivity contribution in [1.29, 1.82) is 0 Å². The van der Waals surface area contributed by atoms with Crippen LogP contribution in [0.15, 0.2) is 97.1 Å². The van der Waals surface area contributed by atoms with Gasteiger partial charge >= 0.3 is 14.2 Å². The lowest BCUT2D eigenvalue weighted by atomic mass is 9.80. The molecular weight excluding hydrogens is 526 g/mol. The first-order chi connectivity index (χ1) is 20.5. The summed E-state index contributed by atoms with van der Waals surface area (Å²) in [4.78, 5) is 0. The predicted octanol–water partition coefficient (Wildman–Crippen LogP) is 4.96. The van der Waals surface area contributed by atoms with Crippen LogP contribution in [0.1, 0.15) is 51.4 Å². The van der Waals surface area contributed by atoms with Crippen molar-refractivity contribution in [2.75, 3.05) is 13.2 Å². The summed E-state index contributed by atoms with van der Waals surface area (Å²) in [5, 5.41) is 36.9. The van der Waals surface area contributed by atoms with Crippen LogP contribution in [0.25, 0.3) is 22.3 Å². The van der Waals surface area contributed by atoms with Gasteiger partial charge in [-0.05, 0) is 70.3 Å². The van der Waals surface area contributed by atoms with Gasteiger partial charge in [0.2, 0.25) is 0 Å². The van der Waals surface area contributed by atoms with Gasteiger partial charge in [0.1, 0.15) is 11.5 Å². The molecular formula is C34H40B2O6. The summed E-state index contributed by atoms with van der Waals surface area (Å²) in [6.07, 6.45) is 9.41. The predicted molar refractivity (Wildman–Crippen MR) is 171 cm³/mol. The van der Waals surface area contributed by atoms with Crippen LogP contribution in [-0.2, 0) is 0 Å². The van der Waals surface area contributed by atoms with E-state index in [2.05, 4.69) is 0 Å². The van der Waals surface area contributed by atoms with E-state index in [0.717, 1.165) is 59.8 Å². The average molecular weight is 566 g/mol. The molecule has 0 heterocycles. The topological polar surface area (TPSA) is 99.4 Å². The molecule has 0 spiro atoms. The number of rotatable bonds is 17. The van der Waals surface area contributed by atoms with Crippen LogP contribution in [0, 0.1) is 0 Å². The molecule has 218 valence electrons. The van der Waals surface area contributed by atoms with Gasteiger partial charge in [0.15, 0.2) is 0 Å². The van der Waals surface area contributed by atoms with Crippen molar-refractivity contribution >= 4 is 25.2 Å². The fourth-order valence-electron chi connectivity index (χ4n) is 4.83. The molecule has 4 rings (SSSR count). The first-order valence-electron chi connectivity index (χ1n) is 14.9. The lowest BCUT2D eigenvalue weighted by Crippen LogP contribution is -2.29. The van der Waals surface area contributed by atoms with Gasteiger partial charge in [0.05, 0.1) is 13.2 Å². The van der Waals surface area contributed by atoms with E-state index in [9.17, 15) is 20.1 Å². The summed E-state index contributed by atoms with van der Waals surface area (Å²) in [5.74, 6) is 1.74. The highest BCUT2D eigenvalue weighted by Gasteiger charge is 2.11. The Labute approximate surface area is 249 Å². The molecule has 6 nitrogen and oxygen atoms in total. The largest absolute Gasteiger partial charge is 0.494 e. The normalized spacial score (nSPS) is 10.9. The second-order valence-electron chi connectivity index (χ2n) is 10.6. The molecule has 0 aliphatic heterocycles. The van der Waals surface area contributed by atoms with Gasteiger partial charge < -0.3 is 29.6 Å². The van der Waals surface area contributed by atoms with E-state index in [4.69, 9.17) is 9.47 Å². The number of unbranched alkanes of at least 4 members (excludes halogenated alkanes) is 7. The van der Waals surface area contributed by atoms with Crippen LogP contribution < -0.4 is 20.4 Å². The van der Waals surface area contributed by atoms with Gasteiger partial charge in [-0.1, -0.05) is 111 Å². The molecule has 0 bridgehead atoms. The van der Waals surface area contributed by atoms with E-state index >= 15 is 0 Å². The summed E-state index contributed by atoms with van der Waals surface area (Å²) >= 11 is 0. The molecule has 0 radical (unpaired) electrons. The lowest BCUT2D eigenvalue weighted by molar-refractivity contribution is 0.301. The molecule has 0 saturated heterocycles. The molecule has 0 aliphatic rings. The molecule has 4 aromatic carbocycles. The summed E-state index contributed by atoms with van der Waals surface area (Å²) < 4.78 is 11.8. The van der Waals surface area contributed by atoms with E-state index in [-0.39, 0.29) is 0 Å². The summed E-state index contributed by atoms with van der Waals surface area (Å²) in [7, 11) is -2.89. The maximum Gasteiger partial charge on any atom is 0.488 e. The van der Waals surface area contributed by atoms with Crippen LogP contribution in [0.5, 0.6) is 11.5 Å². The van der Waals surface area contributed by atoms with Crippen LogP contribution >= 0.6 is 0 Å². The zero-order chi connectivity index (χ0) is 29.6. The number of benzene rings is 4. The Morgan fingerprint density at radius 3 is 0.905 bits per heavy atom. The van der Waals surface area contributed by atoms with E-state index in [0.29, 0.717) is 10.9 Å². The van der Waals surface area contributed by atoms with Crippen molar-refractivity contribution < 1.29 is 29.6 Å². The molecule has 0 atom stereocenters. The van der Waals surface area contributed by atoms with E-state index in [1.54, 1.807) is 24.3 Å². The Hall–Kier alpha value is -3.55. The van der Waals surface area contributed by atoms with Crippen molar-refractivity contribution in [2.24, 2.45) is 0 Å². The molecule has 4 aromatic rings. The number of hydrogen-bond acceptors (Lipinski definition) is 6. The van der Waals surface area contributed by atoms with Crippen molar-refractivity contribution in [1.82, 2.24) is 0 Å². The monoisotopic (exact) mass is 566 g/mol. The van der Waals surface area contributed by atoms with Crippen LogP contribution in [0.3, 0.4) is 0 Å². The standard InChI is InChI=1S/C34H40B2O6/c37-35(38)31-17-9-27(10-18-31)29-13-21-33(22-14-29)41-25-7-5-3-1-2-4-6-8-26-42-34-23-15-30(16-24-34)28-11-19-32(20-12-28)36(39)40/h9-24,37-40H,1-8,25-26H2. The molecule has 0 fully saturated rings. The van der Waals surface area contributed by atoms with E-state index < -0.39 is 14.2 Å². The minimum atomic E-state index is -1.44. The van der Waals surface area contributed by atoms with Crippen molar-refractivity contribution in [3.05, 3.63) is 97.1 Å². The molecule has 0 amide bonds. The zero-order valence-electron chi connectivity index (χ0n) is 24.1. The molecule has 0 saturated carbocycles. The molecule has 8 heteroatoms. The number of ether oxygens (including phenoxy) is 2. The van der Waals surface area contributed by atoms with Crippen LogP contribution in [0.2, 0.25) is 0 Å². The first kappa shape index (κ1) is 31.4. The minimum absolute atomic E-state index is 0.482. The van der Waals surface area contributed by atoms with Crippen LogP contribution in [0.4, 0.5) is 0 Å². The molecule has 4 N–H and O–H groups in total. The summed E-state index contributed by atoms with van der Waals surface area (Å²) in [5.41, 5.74) is 5.14. The molecule has 0 aliphatic carbocycles. The zero-order valence-corrected chi connectivity index (χ0v) is 24.1. The van der Waals surface area contributed by atoms with Gasteiger partial charge in [0.25, 0.3) is 0 Å². The molecule has 0 aromatic heterocycles. The second-order valence-corrected chi connectivity index (χ2v) is 10.6. The first-order valence-corrected chi connectivity index (χ1v) is 14.9. The molecule has 42 heavy (non-hydrogen) atoms. The van der Waals surface area contributed by atoms with Gasteiger partial charge in [0, 0.05) is 0 Å². The summed E-state index contributed by atoms with van der Waals surface area (Å²) in [6.45, 7) is 1.45.